The molecule has 3 heteroatoms. The molecule has 2 aliphatic carbocycles. The van der Waals surface area contributed by atoms with E-state index in [1.54, 1.807) is 0 Å². The van der Waals surface area contributed by atoms with Crippen molar-refractivity contribution in [1.82, 2.24) is 0 Å². The number of rotatable bonds is 0. The van der Waals surface area contributed by atoms with Crippen molar-refractivity contribution in [2.45, 2.75) is 30.9 Å². The van der Waals surface area contributed by atoms with Crippen molar-refractivity contribution in [3.63, 3.8) is 0 Å². The summed E-state index contributed by atoms with van der Waals surface area (Å²) in [4.78, 5) is 0. The van der Waals surface area contributed by atoms with Crippen LogP contribution in [0, 0.1) is 17.8 Å². The fraction of sp³-hybridized carbons (Fsp3) is 1.00. The van der Waals surface area contributed by atoms with Gasteiger partial charge in [0.25, 0.3) is 0 Å². The first-order valence-corrected chi connectivity index (χ1v) is 5.58. The molecule has 0 aromatic carbocycles. The van der Waals surface area contributed by atoms with E-state index >= 15 is 0 Å². The summed E-state index contributed by atoms with van der Waals surface area (Å²) in [5.74, 6) is 1.61. The van der Waals surface area contributed by atoms with Crippen LogP contribution >= 0.6 is 11.6 Å². The van der Waals surface area contributed by atoms with Gasteiger partial charge in [-0.15, -0.1) is 11.6 Å². The topological polar surface area (TPSA) is 18.5 Å². The van der Waals surface area contributed by atoms with Crippen molar-refractivity contribution in [1.29, 1.82) is 0 Å². The first-order chi connectivity index (χ1) is 6.23. The first kappa shape index (κ1) is 8.51. The molecule has 3 rings (SSSR count). The van der Waals surface area contributed by atoms with Crippen molar-refractivity contribution in [3.8, 4) is 0 Å². The van der Waals surface area contributed by atoms with Gasteiger partial charge in [-0.3, -0.25) is 0 Å². The maximum atomic E-state index is 6.25. The third kappa shape index (κ3) is 0.971. The molecule has 0 N–H and O–H groups in total. The van der Waals surface area contributed by atoms with Crippen molar-refractivity contribution in [2.75, 3.05) is 13.2 Å². The van der Waals surface area contributed by atoms with Crippen LogP contribution in [0.1, 0.15) is 19.8 Å². The number of alkyl halides is 1. The molecule has 2 nitrogen and oxygen atoms in total. The zero-order valence-electron chi connectivity index (χ0n) is 7.83. The number of hydrogen-bond donors (Lipinski definition) is 0. The van der Waals surface area contributed by atoms with Crippen LogP contribution < -0.4 is 0 Å². The number of hydrogen-bond acceptors (Lipinski definition) is 2. The van der Waals surface area contributed by atoms with Gasteiger partial charge in [0.05, 0.1) is 13.2 Å². The van der Waals surface area contributed by atoms with E-state index in [2.05, 4.69) is 6.92 Å². The Balaban J connectivity index is 1.89. The molecule has 3 aliphatic rings. The number of ether oxygens (including phenoxy) is 2. The Morgan fingerprint density at radius 2 is 2.00 bits per heavy atom. The second-order valence-corrected chi connectivity index (χ2v) is 5.15. The highest BCUT2D eigenvalue weighted by Gasteiger charge is 2.61. The fourth-order valence-corrected chi connectivity index (χ4v) is 3.95. The predicted molar refractivity (Wildman–Crippen MR) is 49.7 cm³/mol. The molecule has 1 heterocycles. The number of halogens is 1. The molecular weight excluding hydrogens is 188 g/mol. The Morgan fingerprint density at radius 3 is 2.46 bits per heavy atom. The van der Waals surface area contributed by atoms with E-state index in [4.69, 9.17) is 21.1 Å². The van der Waals surface area contributed by atoms with Crippen molar-refractivity contribution < 1.29 is 9.47 Å². The van der Waals surface area contributed by atoms with Crippen LogP contribution in [0.2, 0.25) is 0 Å². The molecule has 1 aliphatic heterocycles. The maximum absolute atomic E-state index is 6.25. The number of fused-ring (bicyclic) bond motifs is 3. The van der Waals surface area contributed by atoms with Gasteiger partial charge in [0, 0.05) is 17.7 Å². The zero-order chi connectivity index (χ0) is 9.05. The molecule has 0 radical (unpaired) electrons. The van der Waals surface area contributed by atoms with Gasteiger partial charge < -0.3 is 9.47 Å². The summed E-state index contributed by atoms with van der Waals surface area (Å²) in [6, 6.07) is 0. The largest absolute Gasteiger partial charge is 0.347 e. The molecule has 0 amide bonds. The molecule has 2 bridgehead atoms. The van der Waals surface area contributed by atoms with Crippen LogP contribution in [0.4, 0.5) is 0 Å². The molecule has 4 atom stereocenters. The molecule has 3 fully saturated rings. The van der Waals surface area contributed by atoms with Crippen LogP contribution in [-0.4, -0.2) is 24.4 Å². The second kappa shape index (κ2) is 2.62. The maximum Gasteiger partial charge on any atom is 0.171 e. The lowest BCUT2D eigenvalue weighted by molar-refractivity contribution is -0.192. The van der Waals surface area contributed by atoms with E-state index in [0.29, 0.717) is 23.1 Å². The third-order valence-corrected chi connectivity index (χ3v) is 4.62. The quantitative estimate of drug-likeness (QED) is 0.560. The zero-order valence-corrected chi connectivity index (χ0v) is 8.59. The highest BCUT2D eigenvalue weighted by Crippen LogP contribution is 2.59. The van der Waals surface area contributed by atoms with Gasteiger partial charge >= 0.3 is 0 Å². The van der Waals surface area contributed by atoms with Gasteiger partial charge in [-0.1, -0.05) is 6.92 Å². The molecule has 13 heavy (non-hydrogen) atoms. The Morgan fingerprint density at radius 1 is 1.31 bits per heavy atom. The van der Waals surface area contributed by atoms with Gasteiger partial charge in [0.1, 0.15) is 0 Å². The summed E-state index contributed by atoms with van der Waals surface area (Å²) in [6.07, 6.45) is 2.10. The molecule has 74 valence electrons. The van der Waals surface area contributed by atoms with Gasteiger partial charge in [-0.05, 0) is 18.3 Å². The second-order valence-electron chi connectivity index (χ2n) is 4.59. The minimum Gasteiger partial charge on any atom is -0.347 e. The van der Waals surface area contributed by atoms with Gasteiger partial charge in [-0.2, -0.15) is 0 Å². The Kier molecular flexibility index (Phi) is 1.71. The van der Waals surface area contributed by atoms with Crippen LogP contribution in [0.25, 0.3) is 0 Å². The lowest BCUT2D eigenvalue weighted by atomic mass is 9.93. The normalized spacial score (nSPS) is 52.2. The Labute approximate surface area is 83.5 Å². The molecular formula is C10H15ClO2. The smallest absolute Gasteiger partial charge is 0.171 e. The molecule has 4 unspecified atom stereocenters. The summed E-state index contributed by atoms with van der Waals surface area (Å²) < 4.78 is 11.5. The average molecular weight is 203 g/mol. The highest BCUT2D eigenvalue weighted by atomic mass is 35.5. The van der Waals surface area contributed by atoms with Crippen LogP contribution in [-0.2, 0) is 9.47 Å². The lowest BCUT2D eigenvalue weighted by Gasteiger charge is -2.33. The SMILES string of the molecule is CC1C2CC3(OCCO3)C1CC2Cl. The van der Waals surface area contributed by atoms with Crippen molar-refractivity contribution in [3.05, 3.63) is 0 Å². The average Bonchev–Trinajstić information content (AvgIpc) is 2.72. The summed E-state index contributed by atoms with van der Waals surface area (Å²) in [6.45, 7) is 3.82. The predicted octanol–water partition coefficient (Wildman–Crippen LogP) is 2.01. The summed E-state index contributed by atoms with van der Waals surface area (Å²) in [5, 5.41) is 0.360. The van der Waals surface area contributed by atoms with E-state index in [1.165, 1.54) is 0 Å². The minimum absolute atomic E-state index is 0.227. The monoisotopic (exact) mass is 202 g/mol. The summed E-state index contributed by atoms with van der Waals surface area (Å²) >= 11 is 6.25. The van der Waals surface area contributed by atoms with Gasteiger partial charge in [0.2, 0.25) is 0 Å². The fourth-order valence-electron chi connectivity index (χ4n) is 3.44. The first-order valence-electron chi connectivity index (χ1n) is 5.15. The van der Waals surface area contributed by atoms with E-state index in [9.17, 15) is 0 Å². The standard InChI is InChI=1S/C10H15ClO2/c1-6-7-5-10(12-2-3-13-10)8(6)4-9(7)11/h6-9H,2-5H2,1H3. The van der Waals surface area contributed by atoms with Gasteiger partial charge in [-0.25, -0.2) is 0 Å². The lowest BCUT2D eigenvalue weighted by Crippen LogP contribution is -2.39. The summed E-state index contributed by atoms with van der Waals surface area (Å²) in [7, 11) is 0. The molecule has 0 aromatic heterocycles. The Hall–Kier alpha value is 0.210. The van der Waals surface area contributed by atoms with E-state index in [-0.39, 0.29) is 5.79 Å². The Bertz CT molecular complexity index is 225. The molecule has 1 saturated heterocycles. The minimum atomic E-state index is -0.227. The van der Waals surface area contributed by atoms with Gasteiger partial charge in [0.15, 0.2) is 5.79 Å². The van der Waals surface area contributed by atoms with E-state index in [1.807, 2.05) is 0 Å². The van der Waals surface area contributed by atoms with E-state index < -0.39 is 0 Å². The van der Waals surface area contributed by atoms with Crippen LogP contribution in [0.15, 0.2) is 0 Å². The van der Waals surface area contributed by atoms with Crippen molar-refractivity contribution >= 4 is 11.6 Å². The van der Waals surface area contributed by atoms with Crippen molar-refractivity contribution in [2.24, 2.45) is 17.8 Å². The third-order valence-electron chi connectivity index (χ3n) is 4.11. The van der Waals surface area contributed by atoms with Crippen LogP contribution in [0.5, 0.6) is 0 Å². The van der Waals surface area contributed by atoms with Crippen LogP contribution in [0.3, 0.4) is 0 Å². The molecule has 1 spiro atoms. The van der Waals surface area contributed by atoms with E-state index in [0.717, 1.165) is 26.1 Å². The molecule has 0 aromatic rings. The highest BCUT2D eigenvalue weighted by molar-refractivity contribution is 6.21. The molecule has 2 saturated carbocycles. The summed E-state index contributed by atoms with van der Waals surface area (Å²) in [5.41, 5.74) is 0.